The fourth-order valence-corrected chi connectivity index (χ4v) is 8.73. The van der Waals surface area contributed by atoms with Crippen molar-refractivity contribution in [2.24, 2.45) is 0 Å². The minimum Gasteiger partial charge on any atom is -0.0836 e. The maximum absolute atomic E-state index is 2.49. The highest BCUT2D eigenvalue weighted by Gasteiger charge is 2.34. The highest BCUT2D eigenvalue weighted by Crippen LogP contribution is 2.54. The Balaban J connectivity index is 1.21. The Labute approximate surface area is 255 Å². The van der Waals surface area contributed by atoms with E-state index in [1.165, 1.54) is 107 Å². The van der Waals surface area contributed by atoms with Gasteiger partial charge >= 0.3 is 0 Å². The second-order valence-electron chi connectivity index (χ2n) is 13.2. The lowest BCUT2D eigenvalue weighted by molar-refractivity contribution is 0.803. The molecule has 0 aliphatic heterocycles. The maximum atomic E-state index is 2.49. The molecule has 4 aliphatic rings. The Kier molecular flexibility index (Phi) is 5.28. The van der Waals surface area contributed by atoms with Crippen LogP contribution in [0, 0.1) is 27.7 Å². The van der Waals surface area contributed by atoms with Crippen molar-refractivity contribution >= 4 is 22.4 Å². The zero-order valence-electron chi connectivity index (χ0n) is 25.6. The van der Waals surface area contributed by atoms with E-state index in [9.17, 15) is 0 Å². The van der Waals surface area contributed by atoms with Gasteiger partial charge in [0.25, 0.3) is 0 Å². The van der Waals surface area contributed by atoms with Gasteiger partial charge in [-0.15, -0.1) is 0 Å². The zero-order valence-corrected chi connectivity index (χ0v) is 25.6. The van der Waals surface area contributed by atoms with Crippen molar-refractivity contribution in [2.75, 3.05) is 0 Å². The highest BCUT2D eigenvalue weighted by atomic mass is 14.4. The Morgan fingerprint density at radius 2 is 1.37 bits per heavy atom. The second-order valence-corrected chi connectivity index (χ2v) is 13.2. The van der Waals surface area contributed by atoms with Crippen molar-refractivity contribution in [3.05, 3.63) is 141 Å². The van der Waals surface area contributed by atoms with Crippen LogP contribution < -0.4 is 0 Å². The van der Waals surface area contributed by atoms with E-state index in [1.807, 2.05) is 0 Å². The fraction of sp³-hybridized carbons (Fsp3) is 0.209. The molecule has 1 unspecified atom stereocenters. The van der Waals surface area contributed by atoms with E-state index in [1.54, 1.807) is 11.1 Å². The van der Waals surface area contributed by atoms with Crippen LogP contribution >= 0.6 is 0 Å². The summed E-state index contributed by atoms with van der Waals surface area (Å²) in [5.41, 5.74) is 24.6. The predicted octanol–water partition coefficient (Wildman–Crippen LogP) is 11.4. The van der Waals surface area contributed by atoms with Crippen molar-refractivity contribution in [1.29, 1.82) is 0 Å². The van der Waals surface area contributed by atoms with Crippen LogP contribution in [0.3, 0.4) is 0 Å². The highest BCUT2D eigenvalue weighted by molar-refractivity contribution is 6.12. The third-order valence-electron chi connectivity index (χ3n) is 11.2. The number of hydrogen-bond donors (Lipinski definition) is 0. The molecule has 0 radical (unpaired) electrons. The van der Waals surface area contributed by atoms with E-state index < -0.39 is 0 Å². The molecule has 43 heavy (non-hydrogen) atoms. The van der Waals surface area contributed by atoms with Crippen LogP contribution in [0.15, 0.2) is 90.5 Å². The van der Waals surface area contributed by atoms with Crippen LogP contribution in [-0.4, -0.2) is 0 Å². The monoisotopic (exact) mass is 552 g/mol. The Morgan fingerprint density at radius 3 is 2.19 bits per heavy atom. The summed E-state index contributed by atoms with van der Waals surface area (Å²) in [6.45, 7) is 9.31. The molecule has 2 bridgehead atoms. The van der Waals surface area contributed by atoms with Crippen LogP contribution in [0.2, 0.25) is 0 Å². The maximum Gasteiger partial charge on any atom is 0.00711 e. The van der Waals surface area contributed by atoms with Gasteiger partial charge in [-0.1, -0.05) is 90.5 Å². The number of benzene rings is 5. The van der Waals surface area contributed by atoms with E-state index in [0.717, 1.165) is 12.8 Å². The van der Waals surface area contributed by atoms with Gasteiger partial charge in [0.15, 0.2) is 0 Å². The smallest absolute Gasteiger partial charge is 0.00711 e. The first-order chi connectivity index (χ1) is 21.0. The van der Waals surface area contributed by atoms with Crippen molar-refractivity contribution < 1.29 is 0 Å². The van der Waals surface area contributed by atoms with Gasteiger partial charge in [0.2, 0.25) is 0 Å². The van der Waals surface area contributed by atoms with Gasteiger partial charge in [0, 0.05) is 5.92 Å². The molecule has 0 saturated heterocycles. The van der Waals surface area contributed by atoms with Crippen LogP contribution in [0.1, 0.15) is 68.8 Å². The molecule has 0 nitrogen and oxygen atoms in total. The molecule has 208 valence electrons. The molecule has 0 spiro atoms. The van der Waals surface area contributed by atoms with Crippen molar-refractivity contribution in [3.8, 4) is 33.4 Å². The Morgan fingerprint density at radius 1 is 0.651 bits per heavy atom. The SMILES string of the molecule is Cc1c(C)c(C)c2c(c1C)-c1c3c(c(-c4ccc(-c5ccc6c(c5)C5=C(CCC=C5)C6)cc4)c4ccccc14)C=CC2C3. The third-order valence-corrected chi connectivity index (χ3v) is 11.2. The Bertz CT molecular complexity index is 2140. The summed E-state index contributed by atoms with van der Waals surface area (Å²) in [7, 11) is 0. The first-order valence-corrected chi connectivity index (χ1v) is 16.0. The standard InChI is InChI=1S/C43H36/c1-24-25(2)27(4)41-40(26(24)3)33-19-20-37-39(23-33)43(41)36-12-8-7-11-35(36)42(37)29-15-13-28(14-16-29)30-17-18-32-21-31-9-5-6-10-34(31)38(32)22-30/h6-8,10-20,22,33H,5,9,21,23H2,1-4H3. The molecule has 5 aromatic rings. The number of allylic oxidation sites excluding steroid dienone is 5. The van der Waals surface area contributed by atoms with Gasteiger partial charge in [-0.05, 0) is 159 Å². The minimum atomic E-state index is 0.457. The molecule has 9 rings (SSSR count). The molecule has 0 saturated carbocycles. The van der Waals surface area contributed by atoms with E-state index in [-0.39, 0.29) is 0 Å². The van der Waals surface area contributed by atoms with Crippen LogP contribution in [0.4, 0.5) is 0 Å². The first kappa shape index (κ1) is 25.1. The van der Waals surface area contributed by atoms with E-state index in [0.29, 0.717) is 5.92 Å². The molecule has 0 heterocycles. The lowest BCUT2D eigenvalue weighted by Gasteiger charge is -2.36. The van der Waals surface area contributed by atoms with Crippen LogP contribution in [0.5, 0.6) is 0 Å². The van der Waals surface area contributed by atoms with Gasteiger partial charge in [-0.3, -0.25) is 0 Å². The summed E-state index contributed by atoms with van der Waals surface area (Å²) in [5.74, 6) is 0.457. The molecule has 0 amide bonds. The molecular weight excluding hydrogens is 516 g/mol. The van der Waals surface area contributed by atoms with Gasteiger partial charge in [-0.25, -0.2) is 0 Å². The molecule has 1 atom stereocenters. The second kappa shape index (κ2) is 9.04. The molecule has 0 aromatic heterocycles. The number of fused-ring (bicyclic) bond motifs is 8. The zero-order chi connectivity index (χ0) is 29.0. The molecule has 4 aliphatic carbocycles. The Hall–Kier alpha value is -4.42. The molecular formula is C43H36. The summed E-state index contributed by atoms with van der Waals surface area (Å²) >= 11 is 0. The van der Waals surface area contributed by atoms with E-state index >= 15 is 0 Å². The molecule has 0 fully saturated rings. The normalized spacial score (nSPS) is 17.3. The van der Waals surface area contributed by atoms with E-state index in [4.69, 9.17) is 0 Å². The summed E-state index contributed by atoms with van der Waals surface area (Å²) in [6.07, 6.45) is 14.2. The van der Waals surface area contributed by atoms with Gasteiger partial charge in [0.1, 0.15) is 0 Å². The minimum absolute atomic E-state index is 0.457. The summed E-state index contributed by atoms with van der Waals surface area (Å²) in [4.78, 5) is 0. The number of hydrogen-bond acceptors (Lipinski definition) is 0. The molecule has 5 aromatic carbocycles. The fourth-order valence-electron chi connectivity index (χ4n) is 8.73. The first-order valence-electron chi connectivity index (χ1n) is 16.0. The summed E-state index contributed by atoms with van der Waals surface area (Å²) in [5, 5.41) is 2.75. The van der Waals surface area contributed by atoms with E-state index in [2.05, 4.69) is 119 Å². The quantitative estimate of drug-likeness (QED) is 0.204. The summed E-state index contributed by atoms with van der Waals surface area (Å²) in [6, 6.07) is 25.6. The average Bonchev–Trinajstić information content (AvgIpc) is 3.43. The lowest BCUT2D eigenvalue weighted by atomic mass is 9.67. The molecule has 0 heteroatoms. The lowest BCUT2D eigenvalue weighted by Crippen LogP contribution is -2.18. The van der Waals surface area contributed by atoms with Crippen molar-refractivity contribution in [3.63, 3.8) is 0 Å². The van der Waals surface area contributed by atoms with Crippen molar-refractivity contribution in [2.45, 2.75) is 59.3 Å². The summed E-state index contributed by atoms with van der Waals surface area (Å²) < 4.78 is 0. The third kappa shape index (κ3) is 3.44. The number of rotatable bonds is 2. The van der Waals surface area contributed by atoms with Gasteiger partial charge in [0.05, 0.1) is 0 Å². The largest absolute Gasteiger partial charge is 0.0836 e. The average molecular weight is 553 g/mol. The van der Waals surface area contributed by atoms with Crippen LogP contribution in [0.25, 0.3) is 55.8 Å². The van der Waals surface area contributed by atoms with Crippen LogP contribution in [-0.2, 0) is 12.8 Å². The molecule has 0 N–H and O–H groups in total. The predicted molar refractivity (Wildman–Crippen MR) is 184 cm³/mol. The van der Waals surface area contributed by atoms with Crippen molar-refractivity contribution in [1.82, 2.24) is 0 Å². The topological polar surface area (TPSA) is 0 Å². The van der Waals surface area contributed by atoms with Gasteiger partial charge in [-0.2, -0.15) is 0 Å². The van der Waals surface area contributed by atoms with Gasteiger partial charge < -0.3 is 0 Å².